The van der Waals surface area contributed by atoms with E-state index in [0.717, 1.165) is 101 Å². The van der Waals surface area contributed by atoms with E-state index < -0.39 is 17.7 Å². The van der Waals surface area contributed by atoms with Crippen molar-refractivity contribution in [2.75, 3.05) is 20.2 Å². The van der Waals surface area contributed by atoms with Crippen molar-refractivity contribution in [1.82, 2.24) is 35.1 Å². The Kier molecular flexibility index (Phi) is 9.13. The van der Waals surface area contributed by atoms with Crippen molar-refractivity contribution in [3.05, 3.63) is 65.0 Å². The van der Waals surface area contributed by atoms with Crippen LogP contribution in [-0.2, 0) is 33.7 Å². The fraction of sp³-hybridized carbons (Fsp3) is 0.488. The quantitative estimate of drug-likeness (QED) is 0.187. The Bertz CT molecular complexity index is 2110. The lowest BCUT2D eigenvalue weighted by molar-refractivity contribution is -0.135. The number of rotatable bonds is 6. The van der Waals surface area contributed by atoms with Crippen molar-refractivity contribution in [3.63, 3.8) is 0 Å². The molecule has 0 saturated carbocycles. The van der Waals surface area contributed by atoms with Gasteiger partial charge in [0.25, 0.3) is 0 Å². The molecule has 13 nitrogen and oxygen atoms in total. The predicted octanol–water partition coefficient (Wildman–Crippen LogP) is 7.24. The Morgan fingerprint density at radius 2 is 1.69 bits per heavy atom. The number of aromatic nitrogens is 4. The predicted molar refractivity (Wildman–Crippen MR) is 202 cm³/mol. The van der Waals surface area contributed by atoms with Gasteiger partial charge in [0.15, 0.2) is 0 Å². The second-order valence-electron chi connectivity index (χ2n) is 16.2. The molecular formula is C41H49N7O6. The van der Waals surface area contributed by atoms with Gasteiger partial charge in [0, 0.05) is 29.9 Å². The van der Waals surface area contributed by atoms with Crippen LogP contribution in [0, 0.1) is 5.92 Å². The summed E-state index contributed by atoms with van der Waals surface area (Å²) in [6, 6.07) is 9.76. The zero-order valence-corrected chi connectivity index (χ0v) is 31.9. The van der Waals surface area contributed by atoms with Crippen LogP contribution in [0.5, 0.6) is 5.75 Å². The maximum absolute atomic E-state index is 13.6. The van der Waals surface area contributed by atoms with Gasteiger partial charge in [-0.25, -0.2) is 19.6 Å². The molecule has 3 atom stereocenters. The number of carbonyl (C=O) groups is 3. The van der Waals surface area contributed by atoms with Crippen molar-refractivity contribution < 1.29 is 28.6 Å². The number of methoxy groups -OCH3 is 1. The summed E-state index contributed by atoms with van der Waals surface area (Å²) < 4.78 is 16.9. The number of benzene rings is 2. The third-order valence-corrected chi connectivity index (χ3v) is 11.0. The Morgan fingerprint density at radius 1 is 0.926 bits per heavy atom. The maximum atomic E-state index is 13.6. The van der Waals surface area contributed by atoms with Gasteiger partial charge >= 0.3 is 12.2 Å². The van der Waals surface area contributed by atoms with Gasteiger partial charge in [-0.2, -0.15) is 0 Å². The van der Waals surface area contributed by atoms with Gasteiger partial charge in [0.05, 0.1) is 36.8 Å². The molecule has 5 heterocycles. The highest BCUT2D eigenvalue weighted by Gasteiger charge is 2.39. The topological polar surface area (TPSA) is 155 Å². The average Bonchev–Trinajstić information content (AvgIpc) is 3.97. The molecule has 1 aliphatic carbocycles. The standard InChI is InChI=1S/C41H49N7O6/c1-22(2)34(46-39(50)52-6)38(49)47-15-7-9-31(47)36-42-20-30(44-36)24-11-13-26-25(17-24)21-53-33-19-27-23(18-28(26)33)12-14-29-35(27)45-37(43-29)32-10-8-16-48(32)40(51)54-41(3,4)5/h11,13,17-20,22,31-32,34H,7-10,12,14-16,21H2,1-6H3,(H,42,44)(H,43,45)(H,46,50)/t31-,32-,34-/m0/s1. The molecule has 54 heavy (non-hydrogen) atoms. The lowest BCUT2D eigenvalue weighted by atomic mass is 9.86. The smallest absolute Gasteiger partial charge is 0.410 e. The number of fused-ring (bicyclic) bond motifs is 6. The number of H-pyrrole nitrogens is 2. The van der Waals surface area contributed by atoms with Crippen LogP contribution in [0.25, 0.3) is 33.6 Å². The van der Waals surface area contributed by atoms with Crippen LogP contribution in [0.1, 0.15) is 101 Å². The van der Waals surface area contributed by atoms with E-state index in [2.05, 4.69) is 45.6 Å². The van der Waals surface area contributed by atoms with Crippen LogP contribution in [-0.4, -0.2) is 79.7 Å². The summed E-state index contributed by atoms with van der Waals surface area (Å²) in [6.45, 7) is 11.2. The molecule has 3 aliphatic heterocycles. The van der Waals surface area contributed by atoms with E-state index in [1.165, 1.54) is 12.7 Å². The average molecular weight is 736 g/mol. The minimum absolute atomic E-state index is 0.102. The number of aromatic amines is 2. The number of hydrogen-bond acceptors (Lipinski definition) is 8. The van der Waals surface area contributed by atoms with E-state index in [9.17, 15) is 14.4 Å². The molecule has 8 rings (SSSR count). The third kappa shape index (κ3) is 6.58. The fourth-order valence-corrected chi connectivity index (χ4v) is 8.37. The zero-order chi connectivity index (χ0) is 37.9. The Morgan fingerprint density at radius 3 is 2.43 bits per heavy atom. The number of nitrogens with zero attached hydrogens (tertiary/aromatic N) is 4. The third-order valence-electron chi connectivity index (χ3n) is 11.0. The normalized spacial score (nSPS) is 19.4. The minimum Gasteiger partial charge on any atom is -0.488 e. The fourth-order valence-electron chi connectivity index (χ4n) is 8.37. The van der Waals surface area contributed by atoms with Crippen LogP contribution in [0.2, 0.25) is 0 Å². The van der Waals surface area contributed by atoms with Crippen molar-refractivity contribution in [1.29, 1.82) is 0 Å². The molecule has 2 fully saturated rings. The first-order chi connectivity index (χ1) is 25.9. The number of aryl methyl sites for hydroxylation is 2. The Balaban J connectivity index is 1.01. The molecule has 3 N–H and O–H groups in total. The van der Waals surface area contributed by atoms with E-state index in [1.807, 2.05) is 50.6 Å². The van der Waals surface area contributed by atoms with E-state index in [-0.39, 0.29) is 30.0 Å². The van der Waals surface area contributed by atoms with Gasteiger partial charge < -0.3 is 34.4 Å². The Labute approximate surface area is 315 Å². The summed E-state index contributed by atoms with van der Waals surface area (Å²) >= 11 is 0. The van der Waals surface area contributed by atoms with Crippen LogP contribution in [0.4, 0.5) is 9.59 Å². The Hall–Kier alpha value is -5.33. The molecule has 13 heteroatoms. The van der Waals surface area contributed by atoms with Crippen molar-refractivity contribution >= 4 is 18.1 Å². The number of alkyl carbamates (subject to hydrolysis) is 1. The van der Waals surface area contributed by atoms with E-state index in [4.69, 9.17) is 24.2 Å². The van der Waals surface area contributed by atoms with Gasteiger partial charge in [-0.15, -0.1) is 0 Å². The van der Waals surface area contributed by atoms with Gasteiger partial charge in [-0.05, 0) is 106 Å². The number of ether oxygens (including phenoxy) is 3. The highest BCUT2D eigenvalue weighted by molar-refractivity contribution is 5.87. The van der Waals surface area contributed by atoms with Crippen LogP contribution >= 0.6 is 0 Å². The van der Waals surface area contributed by atoms with Gasteiger partial charge in [-0.3, -0.25) is 9.69 Å². The largest absolute Gasteiger partial charge is 0.488 e. The summed E-state index contributed by atoms with van der Waals surface area (Å²) in [5.41, 5.74) is 8.92. The van der Waals surface area contributed by atoms with Crippen LogP contribution in [0.15, 0.2) is 36.5 Å². The van der Waals surface area contributed by atoms with Gasteiger partial charge in [0.2, 0.25) is 5.91 Å². The molecule has 0 radical (unpaired) electrons. The molecule has 0 bridgehead atoms. The number of carbonyl (C=O) groups excluding carboxylic acids is 3. The molecule has 284 valence electrons. The molecule has 4 aliphatic rings. The van der Waals surface area contributed by atoms with Crippen LogP contribution < -0.4 is 10.1 Å². The molecule has 0 unspecified atom stereocenters. The second-order valence-corrected chi connectivity index (χ2v) is 16.2. The first-order valence-electron chi connectivity index (χ1n) is 19.1. The summed E-state index contributed by atoms with van der Waals surface area (Å²) in [5.74, 6) is 2.14. The first kappa shape index (κ1) is 35.7. The highest BCUT2D eigenvalue weighted by atomic mass is 16.6. The van der Waals surface area contributed by atoms with E-state index >= 15 is 0 Å². The molecule has 3 amide bonds. The maximum Gasteiger partial charge on any atom is 0.410 e. The van der Waals surface area contributed by atoms with Crippen molar-refractivity contribution in [3.8, 4) is 39.4 Å². The number of nitrogens with one attached hydrogen (secondary N) is 3. The molecule has 2 aromatic heterocycles. The van der Waals surface area contributed by atoms with Gasteiger partial charge in [0.1, 0.15) is 35.6 Å². The number of likely N-dealkylation sites (tertiary alicyclic amines) is 2. The molecular weight excluding hydrogens is 686 g/mol. The van der Waals surface area contributed by atoms with Crippen molar-refractivity contribution in [2.24, 2.45) is 5.92 Å². The molecule has 4 aromatic rings. The SMILES string of the molecule is COC(=O)N[C@H](C(=O)N1CCC[C@H]1c1ncc(-c2ccc3c(c2)COc2cc4c(cc2-3)CCc2[nH]c([C@@H]3CCCN3C(=O)OC(C)(C)C)nc2-4)[nH]1)C(C)C. The van der Waals surface area contributed by atoms with E-state index in [1.54, 1.807) is 0 Å². The lowest BCUT2D eigenvalue weighted by Gasteiger charge is -2.30. The zero-order valence-electron chi connectivity index (χ0n) is 31.9. The lowest BCUT2D eigenvalue weighted by Crippen LogP contribution is -2.51. The van der Waals surface area contributed by atoms with Gasteiger partial charge in [-0.1, -0.05) is 26.0 Å². The molecule has 0 spiro atoms. The van der Waals surface area contributed by atoms with E-state index in [0.29, 0.717) is 19.7 Å². The number of imidazole rings is 2. The summed E-state index contributed by atoms with van der Waals surface area (Å²) in [6.07, 6.45) is 6.02. The summed E-state index contributed by atoms with van der Waals surface area (Å²) in [7, 11) is 1.30. The summed E-state index contributed by atoms with van der Waals surface area (Å²) in [5, 5.41) is 2.71. The second kappa shape index (κ2) is 13.8. The highest BCUT2D eigenvalue weighted by Crippen LogP contribution is 2.45. The molecule has 2 saturated heterocycles. The summed E-state index contributed by atoms with van der Waals surface area (Å²) in [4.78, 5) is 59.2. The first-order valence-corrected chi connectivity index (χ1v) is 19.1. The number of amides is 3. The van der Waals surface area contributed by atoms with Crippen molar-refractivity contribution in [2.45, 2.75) is 103 Å². The van der Waals surface area contributed by atoms with Crippen LogP contribution in [0.3, 0.4) is 0 Å². The monoisotopic (exact) mass is 735 g/mol. The molecule has 2 aromatic carbocycles. The minimum atomic E-state index is -0.686. The number of hydrogen-bond donors (Lipinski definition) is 3.